The maximum atomic E-state index is 12.1. The van der Waals surface area contributed by atoms with Gasteiger partial charge in [0.25, 0.3) is 0 Å². The maximum absolute atomic E-state index is 12.1. The van der Waals surface area contributed by atoms with Gasteiger partial charge in [0.15, 0.2) is 0 Å². The average molecular weight is 378 g/mol. The van der Waals surface area contributed by atoms with Crippen LogP contribution in [0, 0.1) is 20.8 Å². The molecule has 3 aromatic rings. The Morgan fingerprint density at radius 1 is 1.15 bits per heavy atom. The van der Waals surface area contributed by atoms with Crippen molar-refractivity contribution in [2.75, 3.05) is 5.32 Å². The van der Waals surface area contributed by atoms with E-state index in [0.29, 0.717) is 6.61 Å². The van der Waals surface area contributed by atoms with Gasteiger partial charge in [-0.3, -0.25) is 4.79 Å². The number of hydrogen-bond donors (Lipinski definition) is 1. The second-order valence-electron chi connectivity index (χ2n) is 6.29. The van der Waals surface area contributed by atoms with Crippen LogP contribution in [0.4, 0.5) is 5.69 Å². The van der Waals surface area contributed by atoms with Crippen molar-refractivity contribution >= 4 is 29.0 Å². The molecule has 0 atom stereocenters. The SMILES string of the molecule is Cc1nc(COc2ccc(/C=C/C(=O)Nc3cccc(C)c3C)cc2)cs1. The third-order valence-corrected chi connectivity index (χ3v) is 5.05. The maximum Gasteiger partial charge on any atom is 0.248 e. The summed E-state index contributed by atoms with van der Waals surface area (Å²) in [6.45, 7) is 6.46. The fraction of sp³-hybridized carbons (Fsp3) is 0.182. The highest BCUT2D eigenvalue weighted by molar-refractivity contribution is 7.09. The number of aryl methyl sites for hydroxylation is 2. The first kappa shape index (κ1) is 18.9. The molecule has 138 valence electrons. The van der Waals surface area contributed by atoms with E-state index in [1.54, 1.807) is 17.4 Å². The molecule has 0 saturated heterocycles. The normalized spacial score (nSPS) is 10.9. The summed E-state index contributed by atoms with van der Waals surface area (Å²) >= 11 is 1.62. The van der Waals surface area contributed by atoms with Crippen LogP contribution in [0.1, 0.15) is 27.4 Å². The quantitative estimate of drug-likeness (QED) is 0.592. The molecule has 0 aliphatic carbocycles. The van der Waals surface area contributed by atoms with Crippen LogP contribution in [-0.4, -0.2) is 10.9 Å². The molecule has 4 nitrogen and oxygen atoms in total. The van der Waals surface area contributed by atoms with E-state index in [0.717, 1.165) is 38.8 Å². The standard InChI is InChI=1S/C22H22N2O2S/c1-15-5-4-6-21(16(15)2)24-22(25)12-9-18-7-10-20(11-8-18)26-13-19-14-27-17(3)23-19/h4-12,14H,13H2,1-3H3,(H,24,25)/b12-9+. The topological polar surface area (TPSA) is 51.2 Å². The van der Waals surface area contributed by atoms with Gasteiger partial charge in [0.2, 0.25) is 5.91 Å². The highest BCUT2D eigenvalue weighted by Gasteiger charge is 2.03. The molecule has 0 spiro atoms. The number of rotatable bonds is 6. The fourth-order valence-electron chi connectivity index (χ4n) is 2.54. The molecule has 1 amide bonds. The lowest BCUT2D eigenvalue weighted by atomic mass is 10.1. The summed E-state index contributed by atoms with van der Waals surface area (Å²) < 4.78 is 5.73. The van der Waals surface area contributed by atoms with Gasteiger partial charge in [-0.1, -0.05) is 24.3 Å². The number of hydrogen-bond acceptors (Lipinski definition) is 4. The molecule has 0 radical (unpaired) electrons. The number of aromatic nitrogens is 1. The molecule has 0 saturated carbocycles. The fourth-order valence-corrected chi connectivity index (χ4v) is 3.14. The largest absolute Gasteiger partial charge is 0.487 e. The zero-order valence-electron chi connectivity index (χ0n) is 15.7. The van der Waals surface area contributed by atoms with Crippen molar-refractivity contribution < 1.29 is 9.53 Å². The molecular formula is C22H22N2O2S. The summed E-state index contributed by atoms with van der Waals surface area (Å²) in [7, 11) is 0. The van der Waals surface area contributed by atoms with E-state index in [1.165, 1.54) is 6.08 Å². The van der Waals surface area contributed by atoms with Gasteiger partial charge in [-0.2, -0.15) is 0 Å². The third kappa shape index (κ3) is 5.28. The Labute approximate surface area is 163 Å². The molecule has 0 aliphatic heterocycles. The van der Waals surface area contributed by atoms with Crippen molar-refractivity contribution in [2.24, 2.45) is 0 Å². The van der Waals surface area contributed by atoms with Crippen molar-refractivity contribution in [1.29, 1.82) is 0 Å². The summed E-state index contributed by atoms with van der Waals surface area (Å²) in [6, 6.07) is 13.5. The molecule has 3 rings (SSSR count). The van der Waals surface area contributed by atoms with Crippen molar-refractivity contribution in [3.05, 3.63) is 81.3 Å². The number of ether oxygens (including phenoxy) is 1. The summed E-state index contributed by atoms with van der Waals surface area (Å²) in [5, 5.41) is 5.95. The Hall–Kier alpha value is -2.92. The molecule has 0 bridgehead atoms. The van der Waals surface area contributed by atoms with E-state index in [-0.39, 0.29) is 5.91 Å². The molecule has 2 aromatic carbocycles. The predicted octanol–water partition coefficient (Wildman–Crippen LogP) is 5.30. The highest BCUT2D eigenvalue weighted by atomic mass is 32.1. The van der Waals surface area contributed by atoms with Gasteiger partial charge in [-0.25, -0.2) is 4.98 Å². The molecule has 1 aromatic heterocycles. The van der Waals surface area contributed by atoms with Gasteiger partial charge in [-0.15, -0.1) is 11.3 Å². The Bertz CT molecular complexity index is 959. The van der Waals surface area contributed by atoms with Crippen molar-refractivity contribution in [3.63, 3.8) is 0 Å². The summed E-state index contributed by atoms with van der Waals surface area (Å²) in [4.78, 5) is 16.5. The number of thiazole rings is 1. The first-order valence-electron chi connectivity index (χ1n) is 8.70. The minimum absolute atomic E-state index is 0.150. The van der Waals surface area contributed by atoms with Crippen molar-refractivity contribution in [1.82, 2.24) is 4.98 Å². The number of carbonyl (C=O) groups excluding carboxylic acids is 1. The number of carbonyl (C=O) groups is 1. The molecule has 0 fully saturated rings. The Kier molecular flexibility index (Phi) is 6.04. The van der Waals surface area contributed by atoms with E-state index in [1.807, 2.05) is 68.6 Å². The van der Waals surface area contributed by atoms with Crippen LogP contribution >= 0.6 is 11.3 Å². The second kappa shape index (κ2) is 8.64. The molecular weight excluding hydrogens is 356 g/mol. The summed E-state index contributed by atoms with van der Waals surface area (Å²) in [5.41, 5.74) is 4.94. The van der Waals surface area contributed by atoms with Crippen molar-refractivity contribution in [3.8, 4) is 5.75 Å². The first-order valence-corrected chi connectivity index (χ1v) is 9.58. The van der Waals surface area contributed by atoms with Crippen LogP contribution in [-0.2, 0) is 11.4 Å². The molecule has 0 unspecified atom stereocenters. The van der Waals surface area contributed by atoms with E-state index in [4.69, 9.17) is 4.74 Å². The number of nitrogens with zero attached hydrogens (tertiary/aromatic N) is 1. The predicted molar refractivity (Wildman–Crippen MR) is 111 cm³/mol. The third-order valence-electron chi connectivity index (χ3n) is 4.22. The smallest absolute Gasteiger partial charge is 0.248 e. The van der Waals surface area contributed by atoms with Crippen LogP contribution < -0.4 is 10.1 Å². The Morgan fingerprint density at radius 2 is 1.93 bits per heavy atom. The molecule has 27 heavy (non-hydrogen) atoms. The van der Waals surface area contributed by atoms with Gasteiger partial charge in [-0.05, 0) is 61.7 Å². The molecule has 1 N–H and O–H groups in total. The van der Waals surface area contributed by atoms with Crippen LogP contribution in [0.15, 0.2) is 53.9 Å². The zero-order chi connectivity index (χ0) is 19.2. The second-order valence-corrected chi connectivity index (χ2v) is 7.35. The van der Waals surface area contributed by atoms with Crippen molar-refractivity contribution in [2.45, 2.75) is 27.4 Å². The van der Waals surface area contributed by atoms with Gasteiger partial charge in [0.1, 0.15) is 12.4 Å². The average Bonchev–Trinajstić information content (AvgIpc) is 3.08. The molecule has 0 aliphatic rings. The van der Waals surface area contributed by atoms with Crippen LogP contribution in [0.25, 0.3) is 6.08 Å². The highest BCUT2D eigenvalue weighted by Crippen LogP contribution is 2.19. The number of amides is 1. The summed E-state index contributed by atoms with van der Waals surface area (Å²) in [6.07, 6.45) is 3.32. The van der Waals surface area contributed by atoms with Crippen LogP contribution in [0.3, 0.4) is 0 Å². The van der Waals surface area contributed by atoms with Gasteiger partial charge in [0, 0.05) is 17.1 Å². The van der Waals surface area contributed by atoms with Gasteiger partial charge >= 0.3 is 0 Å². The first-order chi connectivity index (χ1) is 13.0. The Balaban J connectivity index is 1.55. The van der Waals surface area contributed by atoms with Crippen LogP contribution in [0.5, 0.6) is 5.75 Å². The minimum atomic E-state index is -0.150. The lowest BCUT2D eigenvalue weighted by molar-refractivity contribution is -0.111. The van der Waals surface area contributed by atoms with Gasteiger partial charge in [0.05, 0.1) is 10.7 Å². The van der Waals surface area contributed by atoms with E-state index >= 15 is 0 Å². The van der Waals surface area contributed by atoms with Crippen LogP contribution in [0.2, 0.25) is 0 Å². The lowest BCUT2D eigenvalue weighted by Crippen LogP contribution is -2.09. The Morgan fingerprint density at radius 3 is 2.63 bits per heavy atom. The lowest BCUT2D eigenvalue weighted by Gasteiger charge is -2.08. The zero-order valence-corrected chi connectivity index (χ0v) is 16.5. The number of nitrogens with one attached hydrogen (secondary N) is 1. The van der Waals surface area contributed by atoms with E-state index < -0.39 is 0 Å². The summed E-state index contributed by atoms with van der Waals surface area (Å²) in [5.74, 6) is 0.626. The van der Waals surface area contributed by atoms with Gasteiger partial charge < -0.3 is 10.1 Å². The minimum Gasteiger partial charge on any atom is -0.487 e. The molecule has 1 heterocycles. The van der Waals surface area contributed by atoms with E-state index in [9.17, 15) is 4.79 Å². The van der Waals surface area contributed by atoms with E-state index in [2.05, 4.69) is 10.3 Å². The number of anilines is 1. The number of benzene rings is 2. The molecule has 5 heteroatoms. The monoisotopic (exact) mass is 378 g/mol.